The van der Waals surface area contributed by atoms with Crippen molar-refractivity contribution in [1.82, 2.24) is 0 Å². The van der Waals surface area contributed by atoms with Gasteiger partial charge in [0.15, 0.2) is 113 Å². The van der Waals surface area contributed by atoms with Crippen LogP contribution in [0.3, 0.4) is 0 Å². The Morgan fingerprint density at radius 3 is 1.12 bits per heavy atom. The van der Waals surface area contributed by atoms with Gasteiger partial charge < -0.3 is 75.8 Å². The van der Waals surface area contributed by atoms with Crippen LogP contribution in [0.5, 0.6) is 63.2 Å². The number of methoxy groups -OCH3 is 2. The molecule has 5 heterocycles. The van der Waals surface area contributed by atoms with Gasteiger partial charge in [0.1, 0.15) is 70.1 Å². The molecule has 24 nitrogen and oxygen atoms in total. The highest BCUT2D eigenvalue weighted by Crippen LogP contribution is 2.36. The lowest BCUT2D eigenvalue weighted by atomic mass is 10.0. The Labute approximate surface area is 630 Å². The van der Waals surface area contributed by atoms with Crippen LogP contribution >= 0.6 is 11.3 Å². The van der Waals surface area contributed by atoms with Crippen LogP contribution in [0, 0.1) is 0 Å². The molecule has 4 aliphatic heterocycles. The Bertz CT molecular complexity index is 4260. The van der Waals surface area contributed by atoms with Crippen LogP contribution in [0.1, 0.15) is 153 Å². The Balaban J connectivity index is 0.000000167. The van der Waals surface area contributed by atoms with Crippen LogP contribution < -0.4 is 52.1 Å². The van der Waals surface area contributed by atoms with E-state index in [1.54, 1.807) is 166 Å². The molecule has 0 radical (unpaired) electrons. The number of thiophene rings is 1. The first-order valence-electron chi connectivity index (χ1n) is 35.5. The van der Waals surface area contributed by atoms with E-state index < -0.39 is 0 Å². The predicted octanol–water partition coefficient (Wildman–Crippen LogP) is 14.4. The molecule has 0 unspecified atom stereocenters. The average Bonchev–Trinajstić information content (AvgIpc) is 1.02. The van der Waals surface area contributed by atoms with Gasteiger partial charge in [-0.05, 0) is 139 Å². The molecule has 0 aliphatic carbocycles. The standard InChI is InChI=1S/C23H26O6.2C22H24O7.C16H14O4S/c1-2-3-12-26-16-29-21-7-5-4-6-18(21)20(25)10-9-19(24)17-8-11-22-23(15-17)28-14-13-27-22;1-25-10-11-26-15-29-18-5-2-16(3-6-18)19(23)7-8-20(24)17-4-9-21-22(14-17)28-13-12-27-21;1-25-9-10-26-15-29-18-4-2-3-16(13-18)19(23)6-7-20(24)17-5-8-21-22(14-17)28-12-11-27-21;17-12(4-5-13(18)16-2-1-9-21-16)11-3-6-14-15(10-11)20-8-7-19-14/h4-8,11,15H,2-3,9-10,12-14,16H2,1H3;2-6,9,14H,7-8,10-13,15H2,1H3;2-5,8,13-14H,6-7,9-12,15H2,1H3;1-3,6,9-10H,4-5,7-8H2. The second kappa shape index (κ2) is 44.4. The second-order valence-corrected chi connectivity index (χ2v) is 25.1. The van der Waals surface area contributed by atoms with Crippen LogP contribution in [-0.2, 0) is 23.7 Å². The predicted molar refractivity (Wildman–Crippen MR) is 398 cm³/mol. The summed E-state index contributed by atoms with van der Waals surface area (Å²) in [5.41, 5.74) is 3.57. The summed E-state index contributed by atoms with van der Waals surface area (Å²) in [5.74, 6) is 5.71. The quantitative estimate of drug-likeness (QED) is 0.0197. The minimum absolute atomic E-state index is 0.0101. The molecule has 7 aromatic carbocycles. The van der Waals surface area contributed by atoms with Crippen LogP contribution in [-0.4, -0.2) is 167 Å². The summed E-state index contributed by atoms with van der Waals surface area (Å²) in [7, 11) is 3.20. The van der Waals surface area contributed by atoms with Gasteiger partial charge in [0, 0.05) is 99.0 Å². The summed E-state index contributed by atoms with van der Waals surface area (Å²) in [6.07, 6.45) is 3.15. The molecule has 8 aromatic rings. The van der Waals surface area contributed by atoms with Crippen LogP contribution in [0.25, 0.3) is 0 Å². The number of para-hydroxylation sites is 1. The molecular weight excluding hydrogens is 1410 g/mol. The van der Waals surface area contributed by atoms with Gasteiger partial charge in [-0.2, -0.15) is 0 Å². The fourth-order valence-electron chi connectivity index (χ4n) is 10.7. The number of hydrogen-bond acceptors (Lipinski definition) is 25. The lowest BCUT2D eigenvalue weighted by Gasteiger charge is -2.18. The molecule has 25 heteroatoms. The Hall–Kier alpha value is -10.8. The number of ketones is 8. The van der Waals surface area contributed by atoms with E-state index in [0.29, 0.717) is 193 Å². The first-order chi connectivity index (χ1) is 52.8. The molecule has 0 fully saturated rings. The van der Waals surface area contributed by atoms with E-state index in [-0.39, 0.29) is 118 Å². The summed E-state index contributed by atoms with van der Waals surface area (Å²) in [5, 5.41) is 1.86. The number of unbranched alkanes of at least 4 members (excludes halogenated alkanes) is 1. The molecule has 0 saturated carbocycles. The maximum absolute atomic E-state index is 12.7. The molecule has 0 bridgehead atoms. The van der Waals surface area contributed by atoms with Crippen molar-refractivity contribution in [3.05, 3.63) is 207 Å². The van der Waals surface area contributed by atoms with E-state index in [9.17, 15) is 38.4 Å². The first kappa shape index (κ1) is 81.3. The Morgan fingerprint density at radius 2 is 0.694 bits per heavy atom. The second-order valence-electron chi connectivity index (χ2n) is 24.2. The van der Waals surface area contributed by atoms with E-state index in [2.05, 4.69) is 6.92 Å². The smallest absolute Gasteiger partial charge is 0.189 e. The number of rotatable bonds is 38. The van der Waals surface area contributed by atoms with Gasteiger partial charge in [-0.15, -0.1) is 11.3 Å². The van der Waals surface area contributed by atoms with Crippen molar-refractivity contribution in [1.29, 1.82) is 0 Å². The maximum Gasteiger partial charge on any atom is 0.189 e. The van der Waals surface area contributed by atoms with Crippen molar-refractivity contribution in [3.8, 4) is 63.2 Å². The van der Waals surface area contributed by atoms with E-state index in [1.165, 1.54) is 11.3 Å². The van der Waals surface area contributed by atoms with Crippen molar-refractivity contribution in [3.63, 3.8) is 0 Å². The highest BCUT2D eigenvalue weighted by molar-refractivity contribution is 7.12. The summed E-state index contributed by atoms with van der Waals surface area (Å²) in [6.45, 7) is 8.74. The third kappa shape index (κ3) is 26.0. The molecule has 0 atom stereocenters. The van der Waals surface area contributed by atoms with Gasteiger partial charge in [0.05, 0.1) is 43.5 Å². The normalized spacial score (nSPS) is 12.5. The largest absolute Gasteiger partial charge is 0.486 e. The zero-order valence-corrected chi connectivity index (χ0v) is 61.5. The van der Waals surface area contributed by atoms with Gasteiger partial charge in [0.25, 0.3) is 0 Å². The van der Waals surface area contributed by atoms with Gasteiger partial charge >= 0.3 is 0 Å². The van der Waals surface area contributed by atoms with Crippen LogP contribution in [0.2, 0.25) is 0 Å². The van der Waals surface area contributed by atoms with Gasteiger partial charge in [-0.1, -0.05) is 43.7 Å². The van der Waals surface area contributed by atoms with E-state index in [1.807, 2.05) is 11.4 Å². The average molecular weight is 1500 g/mol. The zero-order chi connectivity index (χ0) is 76.1. The highest BCUT2D eigenvalue weighted by atomic mass is 32.1. The number of hydrogen-bond donors (Lipinski definition) is 0. The lowest BCUT2D eigenvalue weighted by Crippen LogP contribution is -2.16. The summed E-state index contributed by atoms with van der Waals surface area (Å²) in [6, 6.07) is 44.7. The number of carbonyl (C=O) groups is 8. The molecule has 570 valence electrons. The van der Waals surface area contributed by atoms with Crippen LogP contribution in [0.15, 0.2) is 163 Å². The third-order valence-corrected chi connectivity index (χ3v) is 17.4. The van der Waals surface area contributed by atoms with Gasteiger partial charge in [-0.3, -0.25) is 38.4 Å². The Kier molecular flexibility index (Phi) is 33.4. The maximum atomic E-state index is 12.7. The van der Waals surface area contributed by atoms with Crippen molar-refractivity contribution in [2.24, 2.45) is 0 Å². The molecule has 0 saturated heterocycles. The number of benzene rings is 7. The molecule has 0 N–H and O–H groups in total. The molecule has 1 aromatic heterocycles. The fourth-order valence-corrected chi connectivity index (χ4v) is 11.4. The van der Waals surface area contributed by atoms with Crippen LogP contribution in [0.4, 0.5) is 0 Å². The monoisotopic (exact) mass is 1500 g/mol. The van der Waals surface area contributed by atoms with Crippen molar-refractivity contribution < 1.29 is 114 Å². The minimum atomic E-state index is -0.139. The minimum Gasteiger partial charge on any atom is -0.486 e. The van der Waals surface area contributed by atoms with E-state index in [4.69, 9.17) is 75.8 Å². The van der Waals surface area contributed by atoms with E-state index >= 15 is 0 Å². The Morgan fingerprint density at radius 1 is 0.324 bits per heavy atom. The molecule has 12 rings (SSSR count). The van der Waals surface area contributed by atoms with E-state index in [0.717, 1.165) is 12.8 Å². The molecule has 4 aliphatic rings. The van der Waals surface area contributed by atoms with Crippen molar-refractivity contribution in [2.75, 3.05) is 120 Å². The third-order valence-electron chi connectivity index (χ3n) is 16.5. The zero-order valence-electron chi connectivity index (χ0n) is 60.7. The van der Waals surface area contributed by atoms with Crippen molar-refractivity contribution >= 4 is 57.6 Å². The lowest BCUT2D eigenvalue weighted by molar-refractivity contribution is -0.00858. The topological polar surface area (TPSA) is 284 Å². The number of carbonyl (C=O) groups excluding carboxylic acids is 8. The number of fused-ring (bicyclic) bond motifs is 4. The molecule has 108 heavy (non-hydrogen) atoms. The molecule has 0 amide bonds. The van der Waals surface area contributed by atoms with Gasteiger partial charge in [-0.25, -0.2) is 0 Å². The highest BCUT2D eigenvalue weighted by Gasteiger charge is 2.23. The molecule has 0 spiro atoms. The number of ether oxygens (including phenoxy) is 16. The summed E-state index contributed by atoms with van der Waals surface area (Å²) in [4.78, 5) is 99.7. The SMILES string of the molecule is CCCCOCOc1ccccc1C(=O)CCC(=O)c1ccc2c(c1)OCCO2.COCCOCOc1ccc(C(=O)CCC(=O)c2ccc3c(c2)OCCO3)cc1.COCCOCOc1cccc(C(=O)CCC(=O)c2ccc3c(c2)OCCO3)c1.O=C(CCC(=O)c1cccs1)c1ccc2c(c1)OCCO2. The molecular formula is C83H88O24S. The summed E-state index contributed by atoms with van der Waals surface area (Å²) >= 11 is 1.40. The fraction of sp³-hybridized carbons (Fsp3) is 0.349. The number of Topliss-reactive ketones (excluding diaryl/α,β-unsaturated/α-hetero) is 8. The first-order valence-corrected chi connectivity index (χ1v) is 36.4. The summed E-state index contributed by atoms with van der Waals surface area (Å²) < 4.78 is 85.9. The van der Waals surface area contributed by atoms with Crippen molar-refractivity contribution in [2.45, 2.75) is 71.1 Å². The van der Waals surface area contributed by atoms with Gasteiger partial charge in [0.2, 0.25) is 0 Å².